The van der Waals surface area contributed by atoms with Gasteiger partial charge >= 0.3 is 5.97 Å². The molecule has 3 rings (SSSR count). The number of hydrogen-bond donors (Lipinski definition) is 1. The van der Waals surface area contributed by atoms with Gasteiger partial charge in [-0.05, 0) is 37.1 Å². The molecule has 0 bridgehead atoms. The summed E-state index contributed by atoms with van der Waals surface area (Å²) in [7, 11) is -3.48. The number of carboxylic acid groups (broad SMARTS) is 1. The largest absolute Gasteiger partial charge is 0.481 e. The molecule has 2 heterocycles. The lowest BCUT2D eigenvalue weighted by atomic mass is 10.1. The zero-order valence-corrected chi connectivity index (χ0v) is 13.3. The Hall–Kier alpha value is -1.93. The number of carboxylic acids is 1. The van der Waals surface area contributed by atoms with Crippen molar-refractivity contribution in [2.24, 2.45) is 5.92 Å². The lowest BCUT2D eigenvalue weighted by molar-refractivity contribution is -0.141. The topological polar surface area (TPSA) is 95.0 Å². The normalized spacial score (nSPS) is 22.7. The maximum Gasteiger partial charge on any atom is 0.308 e. The fraction of sp³-hybridized carbons (Fsp3) is 0.467. The van der Waals surface area contributed by atoms with Crippen LogP contribution < -0.4 is 4.90 Å². The molecule has 2 aliphatic heterocycles. The van der Waals surface area contributed by atoms with Gasteiger partial charge in [-0.3, -0.25) is 9.59 Å². The van der Waals surface area contributed by atoms with Crippen LogP contribution >= 0.6 is 0 Å². The van der Waals surface area contributed by atoms with Gasteiger partial charge in [0, 0.05) is 31.7 Å². The van der Waals surface area contributed by atoms with E-state index in [1.165, 1.54) is 21.3 Å². The second-order valence-corrected chi connectivity index (χ2v) is 7.79. The number of rotatable bonds is 4. The Kier molecular flexibility index (Phi) is 4.11. The molecular formula is C15H18N2O5S. The summed E-state index contributed by atoms with van der Waals surface area (Å²) in [5.74, 6) is -1.96. The highest BCUT2D eigenvalue weighted by Crippen LogP contribution is 2.27. The SMILES string of the molecule is O=C(O)[C@H]1CC(=O)N(c2ccc(S(=O)(=O)N3CCCC3)cc2)C1. The number of carbonyl (C=O) groups is 2. The third-order valence-corrected chi connectivity index (χ3v) is 6.24. The second-order valence-electron chi connectivity index (χ2n) is 5.85. The van der Waals surface area contributed by atoms with Crippen LogP contribution in [0.2, 0.25) is 0 Å². The Morgan fingerprint density at radius 1 is 1.13 bits per heavy atom. The molecule has 0 unspecified atom stereocenters. The van der Waals surface area contributed by atoms with Crippen molar-refractivity contribution in [2.45, 2.75) is 24.2 Å². The van der Waals surface area contributed by atoms with Gasteiger partial charge in [0.15, 0.2) is 0 Å². The Balaban J connectivity index is 1.80. The molecule has 7 nitrogen and oxygen atoms in total. The van der Waals surface area contributed by atoms with Gasteiger partial charge in [-0.15, -0.1) is 0 Å². The summed E-state index contributed by atoms with van der Waals surface area (Å²) >= 11 is 0. The van der Waals surface area contributed by atoms with Crippen molar-refractivity contribution in [3.8, 4) is 0 Å². The smallest absolute Gasteiger partial charge is 0.308 e. The van der Waals surface area contributed by atoms with Crippen LogP contribution in [-0.2, 0) is 19.6 Å². The van der Waals surface area contributed by atoms with Crippen LogP contribution in [0.5, 0.6) is 0 Å². The molecule has 0 aromatic heterocycles. The Morgan fingerprint density at radius 3 is 2.26 bits per heavy atom. The summed E-state index contributed by atoms with van der Waals surface area (Å²) in [5.41, 5.74) is 0.527. The first-order valence-corrected chi connectivity index (χ1v) is 8.97. The van der Waals surface area contributed by atoms with Crippen LogP contribution in [-0.4, -0.2) is 49.3 Å². The van der Waals surface area contributed by atoms with E-state index < -0.39 is 21.9 Å². The molecule has 1 atom stereocenters. The number of hydrogen-bond acceptors (Lipinski definition) is 4. The number of benzene rings is 1. The molecule has 2 saturated heterocycles. The number of carbonyl (C=O) groups excluding carboxylic acids is 1. The molecule has 8 heteroatoms. The minimum absolute atomic E-state index is 0.0246. The molecule has 0 saturated carbocycles. The fourth-order valence-corrected chi connectivity index (χ4v) is 4.52. The average Bonchev–Trinajstić information content (AvgIpc) is 3.17. The van der Waals surface area contributed by atoms with Crippen molar-refractivity contribution in [3.05, 3.63) is 24.3 Å². The van der Waals surface area contributed by atoms with E-state index in [0.717, 1.165) is 12.8 Å². The molecule has 23 heavy (non-hydrogen) atoms. The molecule has 1 aromatic rings. The molecule has 2 aliphatic rings. The van der Waals surface area contributed by atoms with Crippen molar-refractivity contribution in [1.29, 1.82) is 0 Å². The summed E-state index contributed by atoms with van der Waals surface area (Å²) < 4.78 is 26.3. The standard InChI is InChI=1S/C15H18N2O5S/c18-14-9-11(15(19)20)10-17(14)12-3-5-13(6-4-12)23(21,22)16-7-1-2-8-16/h3-6,11H,1-2,7-10H2,(H,19,20)/t11-/m0/s1. The fourth-order valence-electron chi connectivity index (χ4n) is 3.00. The Morgan fingerprint density at radius 2 is 1.74 bits per heavy atom. The molecule has 2 fully saturated rings. The van der Waals surface area contributed by atoms with Gasteiger partial charge in [0.1, 0.15) is 0 Å². The number of nitrogens with zero attached hydrogens (tertiary/aromatic N) is 2. The lowest BCUT2D eigenvalue weighted by Gasteiger charge is -2.18. The molecule has 1 aromatic carbocycles. The number of sulfonamides is 1. The van der Waals surface area contributed by atoms with Gasteiger partial charge in [-0.2, -0.15) is 4.31 Å². The van der Waals surface area contributed by atoms with E-state index >= 15 is 0 Å². The highest BCUT2D eigenvalue weighted by atomic mass is 32.2. The molecule has 0 radical (unpaired) electrons. The average molecular weight is 338 g/mol. The molecule has 1 N–H and O–H groups in total. The predicted octanol–water partition coefficient (Wildman–Crippen LogP) is 0.909. The Bertz CT molecular complexity index is 723. The van der Waals surface area contributed by atoms with E-state index in [-0.39, 0.29) is 23.8 Å². The van der Waals surface area contributed by atoms with E-state index in [0.29, 0.717) is 18.8 Å². The van der Waals surface area contributed by atoms with Gasteiger partial charge in [0.05, 0.1) is 10.8 Å². The van der Waals surface area contributed by atoms with Crippen LogP contribution in [0.4, 0.5) is 5.69 Å². The highest BCUT2D eigenvalue weighted by Gasteiger charge is 2.35. The van der Waals surface area contributed by atoms with Gasteiger partial charge in [0.2, 0.25) is 15.9 Å². The van der Waals surface area contributed by atoms with Crippen LogP contribution in [0.1, 0.15) is 19.3 Å². The molecule has 0 spiro atoms. The summed E-state index contributed by atoms with van der Waals surface area (Å²) in [4.78, 5) is 24.5. The van der Waals surface area contributed by atoms with Crippen LogP contribution in [0.15, 0.2) is 29.2 Å². The first kappa shape index (κ1) is 15.9. The summed E-state index contributed by atoms with van der Waals surface area (Å²) in [5, 5.41) is 9.00. The first-order valence-electron chi connectivity index (χ1n) is 7.53. The van der Waals surface area contributed by atoms with Gasteiger partial charge in [0.25, 0.3) is 0 Å². The van der Waals surface area contributed by atoms with Crippen molar-refractivity contribution >= 4 is 27.6 Å². The van der Waals surface area contributed by atoms with Gasteiger partial charge in [-0.25, -0.2) is 8.42 Å². The molecular weight excluding hydrogens is 320 g/mol. The second kappa shape index (κ2) is 5.93. The van der Waals surface area contributed by atoms with Crippen LogP contribution in [0, 0.1) is 5.92 Å². The minimum Gasteiger partial charge on any atom is -0.481 e. The van der Waals surface area contributed by atoms with E-state index in [4.69, 9.17) is 5.11 Å². The van der Waals surface area contributed by atoms with Crippen LogP contribution in [0.25, 0.3) is 0 Å². The number of aliphatic carboxylic acids is 1. The van der Waals surface area contributed by atoms with Crippen molar-refractivity contribution in [2.75, 3.05) is 24.5 Å². The summed E-state index contributed by atoms with van der Waals surface area (Å²) in [6.45, 7) is 1.19. The summed E-state index contributed by atoms with van der Waals surface area (Å²) in [6.07, 6.45) is 1.72. The highest BCUT2D eigenvalue weighted by molar-refractivity contribution is 7.89. The molecule has 1 amide bonds. The first-order chi connectivity index (χ1) is 10.9. The van der Waals surface area contributed by atoms with Crippen LogP contribution in [0.3, 0.4) is 0 Å². The third-order valence-electron chi connectivity index (χ3n) is 4.33. The lowest BCUT2D eigenvalue weighted by Crippen LogP contribution is -2.28. The summed E-state index contributed by atoms with van der Waals surface area (Å²) in [6, 6.07) is 6.07. The maximum absolute atomic E-state index is 12.4. The van der Waals surface area contributed by atoms with Crippen molar-refractivity contribution in [3.63, 3.8) is 0 Å². The van der Waals surface area contributed by atoms with E-state index in [1.54, 1.807) is 12.1 Å². The van der Waals surface area contributed by atoms with Crippen molar-refractivity contribution < 1.29 is 23.1 Å². The van der Waals surface area contributed by atoms with E-state index in [2.05, 4.69) is 0 Å². The molecule has 0 aliphatic carbocycles. The van der Waals surface area contributed by atoms with Gasteiger partial charge < -0.3 is 10.0 Å². The van der Waals surface area contributed by atoms with E-state index in [1.807, 2.05) is 0 Å². The quantitative estimate of drug-likeness (QED) is 0.880. The monoisotopic (exact) mass is 338 g/mol. The minimum atomic E-state index is -3.48. The van der Waals surface area contributed by atoms with E-state index in [9.17, 15) is 18.0 Å². The zero-order valence-electron chi connectivity index (χ0n) is 12.5. The molecule has 124 valence electrons. The zero-order chi connectivity index (χ0) is 16.6. The maximum atomic E-state index is 12.4. The number of anilines is 1. The van der Waals surface area contributed by atoms with Crippen molar-refractivity contribution in [1.82, 2.24) is 4.31 Å². The Labute approximate surface area is 134 Å². The van der Waals surface area contributed by atoms with Gasteiger partial charge in [-0.1, -0.05) is 0 Å². The third kappa shape index (κ3) is 2.96. The number of amides is 1. The predicted molar refractivity (Wildman–Crippen MR) is 82.5 cm³/mol.